The highest BCUT2D eigenvalue weighted by atomic mass is 16.5. The van der Waals surface area contributed by atoms with Gasteiger partial charge in [0.15, 0.2) is 17.3 Å². The normalized spacial score (nSPS) is 16.9. The summed E-state index contributed by atoms with van der Waals surface area (Å²) in [6.07, 6.45) is 3.68. The molecule has 5 heteroatoms. The monoisotopic (exact) mass is 258 g/mol. The molecule has 1 aliphatic heterocycles. The van der Waals surface area contributed by atoms with Gasteiger partial charge in [-0.05, 0) is 18.2 Å². The number of rotatable bonds is 1. The molecule has 0 spiro atoms. The van der Waals surface area contributed by atoms with Crippen LogP contribution in [0.15, 0.2) is 41.7 Å². The van der Waals surface area contributed by atoms with Crippen LogP contribution in [0.25, 0.3) is 0 Å². The van der Waals surface area contributed by atoms with Crippen LogP contribution >= 0.6 is 0 Å². The van der Waals surface area contributed by atoms with Crippen LogP contribution in [0.5, 0.6) is 11.5 Å². The molecule has 0 aromatic heterocycles. The number of carboxylic acid groups (broad SMARTS) is 1. The molecule has 0 saturated heterocycles. The van der Waals surface area contributed by atoms with Gasteiger partial charge in [0.1, 0.15) is 17.9 Å². The number of ether oxygens (including phenoxy) is 2. The quantitative estimate of drug-likeness (QED) is 0.833. The summed E-state index contributed by atoms with van der Waals surface area (Å²) in [7, 11) is 0. The zero-order valence-corrected chi connectivity index (χ0v) is 9.88. The van der Waals surface area contributed by atoms with Crippen molar-refractivity contribution in [3.05, 3.63) is 47.2 Å². The van der Waals surface area contributed by atoms with Gasteiger partial charge < -0.3 is 14.6 Å². The Morgan fingerprint density at radius 2 is 2.16 bits per heavy atom. The van der Waals surface area contributed by atoms with Crippen LogP contribution in [-0.2, 0) is 4.79 Å². The second-order valence-electron chi connectivity index (χ2n) is 4.20. The molecular weight excluding hydrogens is 248 g/mol. The van der Waals surface area contributed by atoms with Crippen molar-refractivity contribution in [3.8, 4) is 11.5 Å². The SMILES string of the molecule is O=C1CC=CC2=C1COc1cccc(C(=O)O)c1O2. The molecule has 0 amide bonds. The molecule has 1 heterocycles. The first-order valence-electron chi connectivity index (χ1n) is 5.76. The molecule has 2 aliphatic rings. The van der Waals surface area contributed by atoms with Gasteiger partial charge >= 0.3 is 5.97 Å². The van der Waals surface area contributed by atoms with Crippen molar-refractivity contribution < 1.29 is 24.2 Å². The van der Waals surface area contributed by atoms with Crippen LogP contribution in [0.1, 0.15) is 16.8 Å². The van der Waals surface area contributed by atoms with E-state index >= 15 is 0 Å². The number of carbonyl (C=O) groups is 2. The van der Waals surface area contributed by atoms with Gasteiger partial charge in [-0.15, -0.1) is 0 Å². The molecule has 19 heavy (non-hydrogen) atoms. The number of benzene rings is 1. The average molecular weight is 258 g/mol. The predicted molar refractivity (Wildman–Crippen MR) is 65.3 cm³/mol. The maximum atomic E-state index is 11.8. The molecule has 1 aromatic carbocycles. The molecule has 0 atom stereocenters. The number of para-hydroxylation sites is 1. The van der Waals surface area contributed by atoms with E-state index in [9.17, 15) is 9.59 Å². The Morgan fingerprint density at radius 3 is 2.95 bits per heavy atom. The van der Waals surface area contributed by atoms with Crippen LogP contribution in [0.3, 0.4) is 0 Å². The highest BCUT2D eigenvalue weighted by Crippen LogP contribution is 2.37. The van der Waals surface area contributed by atoms with E-state index in [2.05, 4.69) is 0 Å². The maximum Gasteiger partial charge on any atom is 0.339 e. The first kappa shape index (κ1) is 11.5. The zero-order chi connectivity index (χ0) is 13.4. The zero-order valence-electron chi connectivity index (χ0n) is 9.88. The number of fused-ring (bicyclic) bond motifs is 1. The summed E-state index contributed by atoms with van der Waals surface area (Å²) in [6, 6.07) is 4.63. The van der Waals surface area contributed by atoms with Crippen molar-refractivity contribution >= 4 is 11.8 Å². The number of ketones is 1. The van der Waals surface area contributed by atoms with Gasteiger partial charge in [0, 0.05) is 6.42 Å². The highest BCUT2D eigenvalue weighted by Gasteiger charge is 2.26. The lowest BCUT2D eigenvalue weighted by atomic mass is 10.0. The lowest BCUT2D eigenvalue weighted by Gasteiger charge is -2.12. The Balaban J connectivity index is 2.11. The van der Waals surface area contributed by atoms with E-state index in [0.29, 0.717) is 23.5 Å². The topological polar surface area (TPSA) is 72.8 Å². The molecule has 1 aliphatic carbocycles. The minimum Gasteiger partial charge on any atom is -0.485 e. The molecule has 0 saturated carbocycles. The third-order valence-electron chi connectivity index (χ3n) is 3.00. The second kappa shape index (κ2) is 4.28. The number of hydrogen-bond acceptors (Lipinski definition) is 4. The van der Waals surface area contributed by atoms with E-state index in [1.807, 2.05) is 0 Å². The average Bonchev–Trinajstić information content (AvgIpc) is 2.58. The standard InChI is InChI=1S/C14H10O5/c15-10-4-2-5-11-9(10)7-18-12-6-1-3-8(14(16)17)13(12)19-11/h1-3,5-6H,4,7H2,(H,16,17). The molecular formula is C14H10O5. The third kappa shape index (κ3) is 1.89. The second-order valence-corrected chi connectivity index (χ2v) is 4.20. The molecule has 3 rings (SSSR count). The first-order chi connectivity index (χ1) is 9.16. The summed E-state index contributed by atoms with van der Waals surface area (Å²) in [6.45, 7) is 0.0918. The Hall–Kier alpha value is -2.56. The van der Waals surface area contributed by atoms with Crippen molar-refractivity contribution in [2.75, 3.05) is 6.61 Å². The number of aromatic carboxylic acids is 1. The van der Waals surface area contributed by atoms with Crippen molar-refractivity contribution in [2.45, 2.75) is 6.42 Å². The Bertz CT molecular complexity index is 639. The summed E-state index contributed by atoms with van der Waals surface area (Å²) in [5, 5.41) is 9.14. The fourth-order valence-electron chi connectivity index (χ4n) is 2.04. The van der Waals surface area contributed by atoms with E-state index in [4.69, 9.17) is 14.6 Å². The number of allylic oxidation sites excluding steroid dienone is 2. The fraction of sp³-hybridized carbons (Fsp3) is 0.143. The molecule has 5 nitrogen and oxygen atoms in total. The molecule has 1 aromatic rings. The van der Waals surface area contributed by atoms with Gasteiger partial charge in [-0.25, -0.2) is 4.79 Å². The third-order valence-corrected chi connectivity index (χ3v) is 3.00. The van der Waals surface area contributed by atoms with E-state index in [1.54, 1.807) is 24.3 Å². The fourth-order valence-corrected chi connectivity index (χ4v) is 2.04. The van der Waals surface area contributed by atoms with Gasteiger partial charge in [0.25, 0.3) is 0 Å². The number of carbonyl (C=O) groups excluding carboxylic acids is 1. The summed E-state index contributed by atoms with van der Waals surface area (Å²) in [5.74, 6) is -0.337. The van der Waals surface area contributed by atoms with Crippen LogP contribution in [0.4, 0.5) is 0 Å². The van der Waals surface area contributed by atoms with Gasteiger partial charge in [0.05, 0.1) is 5.57 Å². The number of Topliss-reactive ketones (excluding diaryl/α,β-unsaturated/α-hetero) is 1. The summed E-state index contributed by atoms with van der Waals surface area (Å²) >= 11 is 0. The van der Waals surface area contributed by atoms with Crippen LogP contribution in [-0.4, -0.2) is 23.5 Å². The largest absolute Gasteiger partial charge is 0.485 e. The molecule has 0 unspecified atom stereocenters. The van der Waals surface area contributed by atoms with Crippen molar-refractivity contribution in [1.29, 1.82) is 0 Å². The van der Waals surface area contributed by atoms with Gasteiger partial charge in [0.2, 0.25) is 0 Å². The summed E-state index contributed by atoms with van der Waals surface area (Å²) in [4.78, 5) is 22.9. The van der Waals surface area contributed by atoms with E-state index in [1.165, 1.54) is 6.07 Å². The molecule has 0 radical (unpaired) electrons. The Morgan fingerprint density at radius 1 is 1.32 bits per heavy atom. The molecule has 0 fully saturated rings. The van der Waals surface area contributed by atoms with Crippen LogP contribution < -0.4 is 9.47 Å². The van der Waals surface area contributed by atoms with E-state index < -0.39 is 5.97 Å². The predicted octanol–water partition coefficient (Wildman–Crippen LogP) is 1.94. The maximum absolute atomic E-state index is 11.8. The highest BCUT2D eigenvalue weighted by molar-refractivity contribution is 5.99. The van der Waals surface area contributed by atoms with E-state index in [-0.39, 0.29) is 23.7 Å². The molecule has 1 N–H and O–H groups in total. The lowest BCUT2D eigenvalue weighted by molar-refractivity contribution is -0.115. The van der Waals surface area contributed by atoms with Crippen LogP contribution in [0, 0.1) is 0 Å². The Labute approximate surface area is 108 Å². The molecule has 0 bridgehead atoms. The minimum atomic E-state index is -1.10. The minimum absolute atomic E-state index is 0.0117. The molecule has 96 valence electrons. The smallest absolute Gasteiger partial charge is 0.339 e. The number of hydrogen-bond donors (Lipinski definition) is 1. The number of carboxylic acids is 1. The summed E-state index contributed by atoms with van der Waals surface area (Å²) in [5.41, 5.74) is 0.452. The van der Waals surface area contributed by atoms with Gasteiger partial charge in [-0.2, -0.15) is 0 Å². The Kier molecular flexibility index (Phi) is 2.59. The van der Waals surface area contributed by atoms with Crippen molar-refractivity contribution in [1.82, 2.24) is 0 Å². The van der Waals surface area contributed by atoms with Crippen molar-refractivity contribution in [3.63, 3.8) is 0 Å². The van der Waals surface area contributed by atoms with Crippen molar-refractivity contribution in [2.24, 2.45) is 0 Å². The van der Waals surface area contributed by atoms with Gasteiger partial charge in [-0.1, -0.05) is 12.1 Å². The van der Waals surface area contributed by atoms with E-state index in [0.717, 1.165) is 0 Å². The van der Waals surface area contributed by atoms with Gasteiger partial charge in [-0.3, -0.25) is 4.79 Å². The summed E-state index contributed by atoms with van der Waals surface area (Å²) < 4.78 is 11.1. The van der Waals surface area contributed by atoms with Crippen LogP contribution in [0.2, 0.25) is 0 Å². The lowest BCUT2D eigenvalue weighted by Crippen LogP contribution is -2.15. The first-order valence-corrected chi connectivity index (χ1v) is 5.76.